The zero-order valence-electron chi connectivity index (χ0n) is 11.6. The van der Waals surface area contributed by atoms with Crippen molar-refractivity contribution in [2.75, 3.05) is 0 Å². The Morgan fingerprint density at radius 3 is 2.00 bits per heavy atom. The van der Waals surface area contributed by atoms with Crippen molar-refractivity contribution in [3.63, 3.8) is 0 Å². The molecule has 0 saturated carbocycles. The highest BCUT2D eigenvalue weighted by molar-refractivity contribution is 4.71. The Kier molecular flexibility index (Phi) is 9.24. The summed E-state index contributed by atoms with van der Waals surface area (Å²) in [5.41, 5.74) is 0. The molecule has 2 unspecified atom stereocenters. The Bertz CT molecular complexity index is 126. The van der Waals surface area contributed by atoms with Crippen molar-refractivity contribution >= 4 is 0 Å². The molecule has 0 amide bonds. The first-order valence-corrected chi connectivity index (χ1v) is 6.87. The third kappa shape index (κ3) is 10.3. The zero-order chi connectivity index (χ0) is 11.7. The molecule has 0 rings (SSSR count). The van der Waals surface area contributed by atoms with E-state index in [2.05, 4.69) is 41.0 Å². The summed E-state index contributed by atoms with van der Waals surface area (Å²) in [6, 6.07) is 0. The van der Waals surface area contributed by atoms with Crippen LogP contribution in [-0.4, -0.2) is 0 Å². The molecule has 0 aliphatic rings. The van der Waals surface area contributed by atoms with Crippen LogP contribution < -0.4 is 0 Å². The molecule has 0 heterocycles. The van der Waals surface area contributed by atoms with Gasteiger partial charge in [0.15, 0.2) is 0 Å². The van der Waals surface area contributed by atoms with E-state index in [0.29, 0.717) is 0 Å². The monoisotopic (exact) mass is 211 g/mol. The van der Waals surface area contributed by atoms with E-state index in [1.165, 1.54) is 38.5 Å². The summed E-state index contributed by atoms with van der Waals surface area (Å²) in [5.74, 6) is 2.65. The highest BCUT2D eigenvalue weighted by Gasteiger charge is 2.05. The molecular weight excluding hydrogens is 180 g/mol. The van der Waals surface area contributed by atoms with Crippen LogP contribution >= 0.6 is 0 Å². The minimum atomic E-state index is 0.876. The molecule has 2 atom stereocenters. The summed E-state index contributed by atoms with van der Waals surface area (Å²) in [6.45, 7) is 11.7. The smallest absolute Gasteiger partial charge is 0.0381 e. The highest BCUT2D eigenvalue weighted by atomic mass is 14.1. The predicted octanol–water partition coefficient (Wildman–Crippen LogP) is 5.48. The molecule has 0 bridgehead atoms. The molecule has 0 aromatic carbocycles. The first kappa shape index (κ1) is 15.0. The molecular formula is C15H31. The molecule has 0 aliphatic carbocycles. The average Bonchev–Trinajstić information content (AvgIpc) is 2.17. The fraction of sp³-hybridized carbons (Fsp3) is 0.933. The van der Waals surface area contributed by atoms with Crippen molar-refractivity contribution in [2.24, 2.45) is 17.8 Å². The molecule has 91 valence electrons. The van der Waals surface area contributed by atoms with Crippen molar-refractivity contribution in [3.8, 4) is 0 Å². The van der Waals surface area contributed by atoms with Gasteiger partial charge in [-0.2, -0.15) is 0 Å². The minimum absolute atomic E-state index is 0.876. The lowest BCUT2D eigenvalue weighted by atomic mass is 9.93. The third-order valence-corrected chi connectivity index (χ3v) is 3.31. The van der Waals surface area contributed by atoms with Crippen LogP contribution in [0.5, 0.6) is 0 Å². The van der Waals surface area contributed by atoms with E-state index in [0.717, 1.165) is 17.8 Å². The van der Waals surface area contributed by atoms with Crippen LogP contribution in [0.2, 0.25) is 0 Å². The van der Waals surface area contributed by atoms with Crippen LogP contribution in [0.25, 0.3) is 0 Å². The van der Waals surface area contributed by atoms with E-state index in [-0.39, 0.29) is 0 Å². The van der Waals surface area contributed by atoms with Gasteiger partial charge in [-0.15, -0.1) is 0 Å². The van der Waals surface area contributed by atoms with Crippen molar-refractivity contribution in [1.82, 2.24) is 0 Å². The molecule has 0 aromatic rings. The third-order valence-electron chi connectivity index (χ3n) is 3.31. The summed E-state index contributed by atoms with van der Waals surface area (Å²) in [5, 5.41) is 0. The van der Waals surface area contributed by atoms with E-state index < -0.39 is 0 Å². The Hall–Kier alpha value is 0. The van der Waals surface area contributed by atoms with Crippen LogP contribution in [0.3, 0.4) is 0 Å². The summed E-state index contributed by atoms with van der Waals surface area (Å²) in [7, 11) is 0. The van der Waals surface area contributed by atoms with E-state index >= 15 is 0 Å². The van der Waals surface area contributed by atoms with E-state index in [9.17, 15) is 0 Å². The van der Waals surface area contributed by atoms with E-state index in [1.807, 2.05) is 0 Å². The highest BCUT2D eigenvalue weighted by Crippen LogP contribution is 2.19. The zero-order valence-corrected chi connectivity index (χ0v) is 11.6. The predicted molar refractivity (Wildman–Crippen MR) is 70.8 cm³/mol. The topological polar surface area (TPSA) is 0 Å². The van der Waals surface area contributed by atoms with Gasteiger partial charge in [0, 0.05) is 0 Å². The van der Waals surface area contributed by atoms with Crippen molar-refractivity contribution < 1.29 is 0 Å². The molecule has 15 heavy (non-hydrogen) atoms. The number of hydrogen-bond acceptors (Lipinski definition) is 0. The van der Waals surface area contributed by atoms with Gasteiger partial charge < -0.3 is 0 Å². The maximum Gasteiger partial charge on any atom is -0.0381 e. The Labute approximate surface area is 97.8 Å². The molecule has 1 radical (unpaired) electrons. The van der Waals surface area contributed by atoms with Gasteiger partial charge in [-0.3, -0.25) is 0 Å². The molecule has 0 fully saturated rings. The van der Waals surface area contributed by atoms with E-state index in [4.69, 9.17) is 0 Å². The Morgan fingerprint density at radius 2 is 1.47 bits per heavy atom. The standard InChI is InChI=1S/C15H31/c1-6-14(4)10-8-12-15(5)11-7-9-13(2)3/h8,13-15H,6-7,9-12H2,1-5H3. The van der Waals surface area contributed by atoms with Gasteiger partial charge in [-0.1, -0.05) is 60.3 Å². The maximum absolute atomic E-state index is 2.51. The Balaban J connectivity index is 3.29. The van der Waals surface area contributed by atoms with Crippen LogP contribution in [0.1, 0.15) is 73.1 Å². The molecule has 0 nitrogen and oxygen atoms in total. The van der Waals surface area contributed by atoms with Gasteiger partial charge in [0.1, 0.15) is 0 Å². The lowest BCUT2D eigenvalue weighted by molar-refractivity contribution is 0.439. The molecule has 0 saturated heterocycles. The summed E-state index contributed by atoms with van der Waals surface area (Å²) < 4.78 is 0. The second-order valence-electron chi connectivity index (χ2n) is 5.70. The lowest BCUT2D eigenvalue weighted by Gasteiger charge is -2.13. The van der Waals surface area contributed by atoms with Crippen LogP contribution in [0.4, 0.5) is 0 Å². The fourth-order valence-corrected chi connectivity index (χ4v) is 1.82. The summed E-state index contributed by atoms with van der Waals surface area (Å²) in [4.78, 5) is 0. The second-order valence-corrected chi connectivity index (χ2v) is 5.70. The number of rotatable bonds is 9. The first-order chi connectivity index (χ1) is 7.06. The van der Waals surface area contributed by atoms with E-state index in [1.54, 1.807) is 0 Å². The molecule has 0 spiro atoms. The average molecular weight is 211 g/mol. The summed E-state index contributed by atoms with van der Waals surface area (Å²) >= 11 is 0. The van der Waals surface area contributed by atoms with Gasteiger partial charge >= 0.3 is 0 Å². The van der Waals surface area contributed by atoms with Crippen molar-refractivity contribution in [1.29, 1.82) is 0 Å². The van der Waals surface area contributed by atoms with Crippen molar-refractivity contribution in [3.05, 3.63) is 6.42 Å². The van der Waals surface area contributed by atoms with Crippen LogP contribution in [-0.2, 0) is 0 Å². The largest absolute Gasteiger partial charge is 0.0651 e. The van der Waals surface area contributed by atoms with Crippen LogP contribution in [0, 0.1) is 24.2 Å². The maximum atomic E-state index is 2.51. The molecule has 0 aliphatic heterocycles. The quantitative estimate of drug-likeness (QED) is 0.474. The normalized spacial score (nSPS) is 15.6. The first-order valence-electron chi connectivity index (χ1n) is 6.87. The number of hydrogen-bond donors (Lipinski definition) is 0. The van der Waals surface area contributed by atoms with Gasteiger partial charge in [0.2, 0.25) is 0 Å². The Morgan fingerprint density at radius 1 is 0.867 bits per heavy atom. The molecule has 0 N–H and O–H groups in total. The SMILES string of the molecule is CCC(C)C[CH]CC(C)CCCC(C)C. The van der Waals surface area contributed by atoms with Gasteiger partial charge in [-0.05, 0) is 37.0 Å². The van der Waals surface area contributed by atoms with Crippen LogP contribution in [0.15, 0.2) is 0 Å². The summed E-state index contributed by atoms with van der Waals surface area (Å²) in [6.07, 6.45) is 10.7. The minimum Gasteiger partial charge on any atom is -0.0651 e. The van der Waals surface area contributed by atoms with Gasteiger partial charge in [-0.25, -0.2) is 0 Å². The lowest BCUT2D eigenvalue weighted by Crippen LogP contribution is -1.99. The fourth-order valence-electron chi connectivity index (χ4n) is 1.82. The van der Waals surface area contributed by atoms with Gasteiger partial charge in [0.05, 0.1) is 0 Å². The van der Waals surface area contributed by atoms with Gasteiger partial charge in [0.25, 0.3) is 0 Å². The van der Waals surface area contributed by atoms with Crippen molar-refractivity contribution in [2.45, 2.75) is 73.1 Å². The molecule has 0 heteroatoms. The molecule has 0 aromatic heterocycles. The second kappa shape index (κ2) is 9.24.